The average molecular weight is 510 g/mol. The highest BCUT2D eigenvalue weighted by Crippen LogP contribution is 2.37. The molecule has 0 N–H and O–H groups in total. The van der Waals surface area contributed by atoms with E-state index in [1.807, 2.05) is 6.07 Å². The van der Waals surface area contributed by atoms with Crippen molar-refractivity contribution in [2.24, 2.45) is 0 Å². The largest absolute Gasteiger partial charge is 0.248 e. The minimum absolute atomic E-state index is 0.965. The summed E-state index contributed by atoms with van der Waals surface area (Å²) in [6, 6.07) is 58.0. The van der Waals surface area contributed by atoms with Crippen LogP contribution >= 0.6 is 0 Å². The maximum absolute atomic E-state index is 5.15. The van der Waals surface area contributed by atoms with Crippen molar-refractivity contribution in [1.29, 1.82) is 0 Å². The molecule has 0 spiro atoms. The van der Waals surface area contributed by atoms with Gasteiger partial charge in [-0.3, -0.25) is 0 Å². The third kappa shape index (κ3) is 4.59. The summed E-state index contributed by atoms with van der Waals surface area (Å²) >= 11 is 0. The van der Waals surface area contributed by atoms with Crippen LogP contribution in [0.2, 0.25) is 0 Å². The summed E-state index contributed by atoms with van der Waals surface area (Å²) in [4.78, 5) is 5.15. The molecule has 40 heavy (non-hydrogen) atoms. The van der Waals surface area contributed by atoms with Crippen molar-refractivity contribution in [1.82, 2.24) is 4.98 Å². The molecule has 0 aliphatic carbocycles. The Balaban J connectivity index is 1.37. The second-order valence-corrected chi connectivity index (χ2v) is 10.0. The van der Waals surface area contributed by atoms with Crippen molar-refractivity contribution in [2.45, 2.75) is 0 Å². The number of rotatable bonds is 5. The first-order valence-electron chi connectivity index (χ1n) is 13.6. The van der Waals surface area contributed by atoms with Crippen molar-refractivity contribution in [3.8, 4) is 55.9 Å². The summed E-state index contributed by atoms with van der Waals surface area (Å²) < 4.78 is 0. The summed E-state index contributed by atoms with van der Waals surface area (Å²) in [5.41, 5.74) is 11.4. The van der Waals surface area contributed by atoms with Gasteiger partial charge in [-0.25, -0.2) is 4.98 Å². The molecule has 7 rings (SSSR count). The number of fused-ring (bicyclic) bond motifs is 1. The highest BCUT2D eigenvalue weighted by atomic mass is 14.7. The second-order valence-electron chi connectivity index (χ2n) is 10.0. The van der Waals surface area contributed by atoms with Crippen LogP contribution in [0.4, 0.5) is 0 Å². The predicted molar refractivity (Wildman–Crippen MR) is 169 cm³/mol. The van der Waals surface area contributed by atoms with E-state index in [1.54, 1.807) is 0 Å². The molecule has 7 aromatic rings. The molecular weight excluding hydrogens is 482 g/mol. The van der Waals surface area contributed by atoms with E-state index in [-0.39, 0.29) is 0 Å². The van der Waals surface area contributed by atoms with E-state index in [0.29, 0.717) is 0 Å². The summed E-state index contributed by atoms with van der Waals surface area (Å²) in [5.74, 6) is 0. The predicted octanol–water partition coefficient (Wildman–Crippen LogP) is 10.6. The van der Waals surface area contributed by atoms with Gasteiger partial charge in [-0.05, 0) is 62.4 Å². The Morgan fingerprint density at radius 3 is 1.35 bits per heavy atom. The first-order chi connectivity index (χ1) is 19.8. The third-order valence-electron chi connectivity index (χ3n) is 7.48. The highest BCUT2D eigenvalue weighted by molar-refractivity contribution is 6.05. The van der Waals surface area contributed by atoms with E-state index >= 15 is 0 Å². The Morgan fingerprint density at radius 1 is 0.275 bits per heavy atom. The van der Waals surface area contributed by atoms with Gasteiger partial charge in [0.25, 0.3) is 0 Å². The molecule has 0 unspecified atom stereocenters. The van der Waals surface area contributed by atoms with Gasteiger partial charge < -0.3 is 0 Å². The topological polar surface area (TPSA) is 12.9 Å². The first kappa shape index (κ1) is 23.8. The van der Waals surface area contributed by atoms with Gasteiger partial charge in [-0.1, -0.05) is 146 Å². The van der Waals surface area contributed by atoms with Crippen LogP contribution in [0.15, 0.2) is 164 Å². The Labute approximate surface area is 235 Å². The van der Waals surface area contributed by atoms with Crippen LogP contribution in [0.3, 0.4) is 0 Å². The molecule has 0 fully saturated rings. The molecule has 188 valence electrons. The standard InChI is InChI=1S/C39H27N/c1-4-13-28(14-5-1)33-26-38(30-17-8-3-9-18-30)40-39(27-33)32-20-12-19-31(25-32)35-24-23-34(29-15-6-2-7-16-29)36-21-10-11-22-37(35)36/h1-27H. The zero-order valence-electron chi connectivity index (χ0n) is 22.0. The van der Waals surface area contributed by atoms with Crippen LogP contribution in [0.25, 0.3) is 66.7 Å². The molecule has 1 heteroatoms. The molecule has 0 amide bonds. The molecule has 0 saturated heterocycles. The molecule has 1 aromatic heterocycles. The number of hydrogen-bond donors (Lipinski definition) is 0. The lowest BCUT2D eigenvalue weighted by molar-refractivity contribution is 1.32. The van der Waals surface area contributed by atoms with E-state index in [2.05, 4.69) is 158 Å². The number of nitrogens with zero attached hydrogens (tertiary/aromatic N) is 1. The first-order valence-corrected chi connectivity index (χ1v) is 13.6. The number of aromatic nitrogens is 1. The summed E-state index contributed by atoms with van der Waals surface area (Å²) in [5, 5.41) is 2.50. The van der Waals surface area contributed by atoms with Crippen molar-refractivity contribution in [3.05, 3.63) is 164 Å². The van der Waals surface area contributed by atoms with Gasteiger partial charge in [0.15, 0.2) is 0 Å². The van der Waals surface area contributed by atoms with Gasteiger partial charge in [0.05, 0.1) is 11.4 Å². The monoisotopic (exact) mass is 509 g/mol. The van der Waals surface area contributed by atoms with Gasteiger partial charge in [-0.15, -0.1) is 0 Å². The van der Waals surface area contributed by atoms with Crippen LogP contribution in [0, 0.1) is 0 Å². The van der Waals surface area contributed by atoms with E-state index in [0.717, 1.165) is 28.1 Å². The Bertz CT molecular complexity index is 1870. The maximum Gasteiger partial charge on any atom is 0.0715 e. The van der Waals surface area contributed by atoms with E-state index < -0.39 is 0 Å². The Morgan fingerprint density at radius 2 is 0.725 bits per heavy atom. The van der Waals surface area contributed by atoms with Gasteiger partial charge in [-0.2, -0.15) is 0 Å². The second kappa shape index (κ2) is 10.5. The fourth-order valence-electron chi connectivity index (χ4n) is 5.50. The fraction of sp³-hybridized carbons (Fsp3) is 0. The van der Waals surface area contributed by atoms with Crippen molar-refractivity contribution in [3.63, 3.8) is 0 Å². The normalized spacial score (nSPS) is 11.0. The smallest absolute Gasteiger partial charge is 0.0715 e. The van der Waals surface area contributed by atoms with E-state index in [9.17, 15) is 0 Å². The molecule has 0 atom stereocenters. The van der Waals surface area contributed by atoms with Crippen LogP contribution < -0.4 is 0 Å². The van der Waals surface area contributed by atoms with Crippen LogP contribution in [0.1, 0.15) is 0 Å². The highest BCUT2D eigenvalue weighted by Gasteiger charge is 2.12. The molecule has 0 aliphatic rings. The van der Waals surface area contributed by atoms with Crippen molar-refractivity contribution >= 4 is 10.8 Å². The summed E-state index contributed by atoms with van der Waals surface area (Å²) in [7, 11) is 0. The molecule has 1 nitrogen and oxygen atoms in total. The van der Waals surface area contributed by atoms with Crippen LogP contribution in [-0.4, -0.2) is 4.98 Å². The molecule has 0 bridgehead atoms. The summed E-state index contributed by atoms with van der Waals surface area (Å²) in [6.07, 6.45) is 0. The van der Waals surface area contributed by atoms with Crippen LogP contribution in [0.5, 0.6) is 0 Å². The zero-order chi connectivity index (χ0) is 26.7. The lowest BCUT2D eigenvalue weighted by Crippen LogP contribution is -1.92. The number of benzene rings is 6. The molecule has 6 aromatic carbocycles. The SMILES string of the molecule is c1ccc(-c2cc(-c3ccccc3)nc(-c3cccc(-c4ccc(-c5ccccc5)c5ccccc45)c3)c2)cc1. The van der Waals surface area contributed by atoms with Crippen molar-refractivity contribution < 1.29 is 0 Å². The number of pyridine rings is 1. The molecule has 0 radical (unpaired) electrons. The van der Waals surface area contributed by atoms with E-state index in [4.69, 9.17) is 4.98 Å². The van der Waals surface area contributed by atoms with Gasteiger partial charge in [0.2, 0.25) is 0 Å². The lowest BCUT2D eigenvalue weighted by Gasteiger charge is -2.14. The molecule has 0 saturated carbocycles. The van der Waals surface area contributed by atoms with E-state index in [1.165, 1.54) is 38.6 Å². The number of hydrogen-bond acceptors (Lipinski definition) is 1. The quantitative estimate of drug-likeness (QED) is 0.225. The fourth-order valence-corrected chi connectivity index (χ4v) is 5.50. The molecular formula is C39H27N. The zero-order valence-corrected chi connectivity index (χ0v) is 22.0. The summed E-state index contributed by atoms with van der Waals surface area (Å²) in [6.45, 7) is 0. The third-order valence-corrected chi connectivity index (χ3v) is 7.48. The van der Waals surface area contributed by atoms with Gasteiger partial charge in [0, 0.05) is 11.1 Å². The minimum atomic E-state index is 0.965. The Kier molecular flexibility index (Phi) is 6.24. The van der Waals surface area contributed by atoms with Crippen LogP contribution in [-0.2, 0) is 0 Å². The molecule has 1 heterocycles. The van der Waals surface area contributed by atoms with Crippen molar-refractivity contribution in [2.75, 3.05) is 0 Å². The maximum atomic E-state index is 5.15. The Hall–Kier alpha value is -5.27. The minimum Gasteiger partial charge on any atom is -0.248 e. The lowest BCUT2D eigenvalue weighted by atomic mass is 9.91. The average Bonchev–Trinajstić information content (AvgIpc) is 3.05. The molecule has 0 aliphatic heterocycles. The van der Waals surface area contributed by atoms with Gasteiger partial charge >= 0.3 is 0 Å². The van der Waals surface area contributed by atoms with Gasteiger partial charge in [0.1, 0.15) is 0 Å².